The lowest BCUT2D eigenvalue weighted by atomic mass is 10.1. The fraction of sp³-hybridized carbons (Fsp3) is 0.650. The van der Waals surface area contributed by atoms with Crippen molar-refractivity contribution in [2.45, 2.75) is 84.0 Å². The third-order valence-electron chi connectivity index (χ3n) is 3.68. The molecule has 0 saturated carbocycles. The molecule has 0 radical (unpaired) electrons. The maximum absolute atomic E-state index is 10.2. The third kappa shape index (κ3) is 18.7. The molecule has 0 spiro atoms. The van der Waals surface area contributed by atoms with E-state index in [-0.39, 0.29) is 0 Å². The second-order valence-electron chi connectivity index (χ2n) is 5.83. The van der Waals surface area contributed by atoms with Crippen LogP contribution in [0.4, 0.5) is 0 Å². The van der Waals surface area contributed by atoms with Crippen LogP contribution in [0.3, 0.4) is 0 Å². The van der Waals surface area contributed by atoms with E-state index in [2.05, 4.69) is 13.0 Å². The third-order valence-corrected chi connectivity index (χ3v) is 3.68. The summed E-state index contributed by atoms with van der Waals surface area (Å²) in [7, 11) is 0. The minimum absolute atomic E-state index is 0.908. The quantitative estimate of drug-likeness (QED) is 0.215. The fourth-order valence-electron chi connectivity index (χ4n) is 2.37. The topological polar surface area (TPSA) is 37.3 Å². The van der Waals surface area contributed by atoms with E-state index in [9.17, 15) is 4.79 Å². The lowest BCUT2D eigenvalue weighted by Gasteiger charge is -2.01. The van der Waals surface area contributed by atoms with Crippen LogP contribution in [0, 0.1) is 0 Å². The van der Waals surface area contributed by atoms with Gasteiger partial charge in [-0.05, 0) is 12.8 Å². The fourth-order valence-corrected chi connectivity index (χ4v) is 2.37. The van der Waals surface area contributed by atoms with E-state index >= 15 is 0 Å². The smallest absolute Gasteiger partial charge is 0.328 e. The predicted molar refractivity (Wildman–Crippen MR) is 96.1 cm³/mol. The van der Waals surface area contributed by atoms with Crippen LogP contribution in [0.2, 0.25) is 0 Å². The van der Waals surface area contributed by atoms with Gasteiger partial charge in [0.05, 0.1) is 0 Å². The number of unbranched alkanes of at least 4 members (excludes halogenated alkanes) is 11. The number of rotatable bonds is 15. The zero-order valence-electron chi connectivity index (χ0n) is 14.3. The second kappa shape index (κ2) is 17.7. The highest BCUT2D eigenvalue weighted by Gasteiger charge is 1.92. The number of hydrogen-bond acceptors (Lipinski definition) is 1. The van der Waals surface area contributed by atoms with Crippen molar-refractivity contribution in [2.75, 3.05) is 0 Å². The summed E-state index contributed by atoms with van der Waals surface area (Å²) >= 11 is 0. The molecule has 0 aromatic heterocycles. The first-order chi connectivity index (χ1) is 10.8. The van der Waals surface area contributed by atoms with Gasteiger partial charge in [-0.2, -0.15) is 0 Å². The van der Waals surface area contributed by atoms with Crippen LogP contribution in [0.5, 0.6) is 0 Å². The number of carboxylic acids is 1. The molecule has 0 heterocycles. The van der Waals surface area contributed by atoms with Gasteiger partial charge in [0.25, 0.3) is 0 Å². The van der Waals surface area contributed by atoms with Crippen molar-refractivity contribution in [3.8, 4) is 0 Å². The first kappa shape index (κ1) is 20.7. The number of carboxylic acid groups (broad SMARTS) is 1. The van der Waals surface area contributed by atoms with Crippen LogP contribution in [-0.4, -0.2) is 11.1 Å². The molecule has 0 amide bonds. The summed E-state index contributed by atoms with van der Waals surface area (Å²) in [4.78, 5) is 10.2. The normalized spacial score (nSPS) is 12.0. The Morgan fingerprint density at radius 2 is 1.23 bits per heavy atom. The molecule has 0 saturated heterocycles. The number of aliphatic carboxylic acids is 1. The minimum atomic E-state index is -0.908. The molecule has 2 heteroatoms. The van der Waals surface area contributed by atoms with Crippen LogP contribution in [0.15, 0.2) is 36.5 Å². The van der Waals surface area contributed by atoms with Gasteiger partial charge in [-0.3, -0.25) is 0 Å². The molecule has 22 heavy (non-hydrogen) atoms. The van der Waals surface area contributed by atoms with E-state index in [0.717, 1.165) is 12.5 Å². The molecule has 0 aromatic rings. The van der Waals surface area contributed by atoms with Crippen molar-refractivity contribution in [1.29, 1.82) is 0 Å². The Balaban J connectivity index is 3.21. The largest absolute Gasteiger partial charge is 0.478 e. The molecule has 2 nitrogen and oxygen atoms in total. The van der Waals surface area contributed by atoms with Gasteiger partial charge in [0.1, 0.15) is 0 Å². The average molecular weight is 306 g/mol. The summed E-state index contributed by atoms with van der Waals surface area (Å²) in [6, 6.07) is 0. The molecule has 0 unspecified atom stereocenters. The van der Waals surface area contributed by atoms with Crippen LogP contribution in [0.1, 0.15) is 84.0 Å². The zero-order valence-corrected chi connectivity index (χ0v) is 14.3. The molecule has 0 aromatic carbocycles. The summed E-state index contributed by atoms with van der Waals surface area (Å²) in [5.74, 6) is -0.908. The predicted octanol–water partition coefficient (Wildman–Crippen LogP) is 6.44. The molecule has 0 bridgehead atoms. The van der Waals surface area contributed by atoms with Crippen molar-refractivity contribution < 1.29 is 9.90 Å². The molecule has 0 aliphatic rings. The van der Waals surface area contributed by atoms with E-state index in [1.165, 1.54) is 76.7 Å². The highest BCUT2D eigenvalue weighted by molar-refractivity contribution is 5.80. The van der Waals surface area contributed by atoms with Crippen molar-refractivity contribution in [3.05, 3.63) is 36.5 Å². The molecule has 0 aliphatic carbocycles. The van der Waals surface area contributed by atoms with Gasteiger partial charge >= 0.3 is 5.97 Å². The molecule has 0 atom stereocenters. The Bertz CT molecular complexity index is 327. The van der Waals surface area contributed by atoms with Crippen molar-refractivity contribution in [2.24, 2.45) is 0 Å². The Labute approximate surface area is 137 Å². The van der Waals surface area contributed by atoms with Gasteiger partial charge < -0.3 is 5.11 Å². The SMILES string of the molecule is CCCCCCCCCCCCCC=C/C=C/C=C\C(=O)O. The van der Waals surface area contributed by atoms with Crippen LogP contribution in [-0.2, 0) is 4.79 Å². The van der Waals surface area contributed by atoms with Gasteiger partial charge in [0.2, 0.25) is 0 Å². The van der Waals surface area contributed by atoms with E-state index in [1.807, 2.05) is 12.2 Å². The molecular weight excluding hydrogens is 272 g/mol. The van der Waals surface area contributed by atoms with E-state index in [4.69, 9.17) is 5.11 Å². The van der Waals surface area contributed by atoms with Gasteiger partial charge in [-0.1, -0.05) is 102 Å². The van der Waals surface area contributed by atoms with Gasteiger partial charge in [0.15, 0.2) is 0 Å². The van der Waals surface area contributed by atoms with E-state index in [0.29, 0.717) is 0 Å². The monoisotopic (exact) mass is 306 g/mol. The second-order valence-corrected chi connectivity index (χ2v) is 5.83. The molecule has 1 N–H and O–H groups in total. The first-order valence-corrected chi connectivity index (χ1v) is 9.00. The molecule has 0 fully saturated rings. The van der Waals surface area contributed by atoms with Gasteiger partial charge in [-0.25, -0.2) is 4.79 Å². The van der Waals surface area contributed by atoms with Crippen molar-refractivity contribution in [3.63, 3.8) is 0 Å². The van der Waals surface area contributed by atoms with Crippen LogP contribution >= 0.6 is 0 Å². The van der Waals surface area contributed by atoms with Crippen molar-refractivity contribution >= 4 is 5.97 Å². The summed E-state index contributed by atoms with van der Waals surface area (Å²) in [6.45, 7) is 2.27. The number of hydrogen-bond donors (Lipinski definition) is 1. The Hall–Kier alpha value is -1.31. The molecule has 0 rings (SSSR count). The lowest BCUT2D eigenvalue weighted by molar-refractivity contribution is -0.131. The first-order valence-electron chi connectivity index (χ1n) is 9.00. The summed E-state index contributed by atoms with van der Waals surface area (Å²) in [6.07, 6.45) is 26.7. The Morgan fingerprint density at radius 1 is 0.727 bits per heavy atom. The minimum Gasteiger partial charge on any atom is -0.478 e. The molecular formula is C20H34O2. The zero-order chi connectivity index (χ0) is 16.3. The lowest BCUT2D eigenvalue weighted by Crippen LogP contribution is -1.84. The van der Waals surface area contributed by atoms with Gasteiger partial charge in [-0.15, -0.1) is 0 Å². The standard InChI is InChI=1S/C20H34O2/c1-2-3-4-5-6-7-8-9-10-11-12-13-14-15-16-17-18-19-20(21)22/h14-19H,2-13H2,1H3,(H,21,22)/b15-14?,17-16+,19-18-. The summed E-state index contributed by atoms with van der Waals surface area (Å²) < 4.78 is 0. The summed E-state index contributed by atoms with van der Waals surface area (Å²) in [5, 5.41) is 8.40. The Morgan fingerprint density at radius 3 is 1.77 bits per heavy atom. The van der Waals surface area contributed by atoms with Crippen LogP contribution < -0.4 is 0 Å². The maximum atomic E-state index is 10.2. The molecule has 126 valence electrons. The van der Waals surface area contributed by atoms with Crippen LogP contribution in [0.25, 0.3) is 0 Å². The molecule has 0 aliphatic heterocycles. The van der Waals surface area contributed by atoms with Crippen molar-refractivity contribution in [1.82, 2.24) is 0 Å². The number of carbonyl (C=O) groups is 1. The number of allylic oxidation sites excluding steroid dienone is 5. The average Bonchev–Trinajstić information content (AvgIpc) is 2.50. The van der Waals surface area contributed by atoms with E-state index < -0.39 is 5.97 Å². The summed E-state index contributed by atoms with van der Waals surface area (Å²) in [5.41, 5.74) is 0. The van der Waals surface area contributed by atoms with E-state index in [1.54, 1.807) is 6.08 Å². The highest BCUT2D eigenvalue weighted by atomic mass is 16.4. The van der Waals surface area contributed by atoms with Gasteiger partial charge in [0, 0.05) is 6.08 Å². The maximum Gasteiger partial charge on any atom is 0.328 e. The highest BCUT2D eigenvalue weighted by Crippen LogP contribution is 2.11. The Kier molecular flexibility index (Phi) is 16.7.